The van der Waals surface area contributed by atoms with Gasteiger partial charge in [0.25, 0.3) is 0 Å². The monoisotopic (exact) mass is 471 g/mol. The number of thioether (sulfide) groups is 1. The van der Waals surface area contributed by atoms with Crippen LogP contribution in [0.15, 0.2) is 38.5 Å². The molecule has 0 aliphatic rings. The second-order valence-electron chi connectivity index (χ2n) is 5.18. The zero-order chi connectivity index (χ0) is 19.6. The summed E-state index contributed by atoms with van der Waals surface area (Å²) in [5, 5.41) is 7.04. The third-order valence-corrected chi connectivity index (χ3v) is 5.84. The Bertz CT molecular complexity index is 813. The molecule has 2 amide bonds. The van der Waals surface area contributed by atoms with Crippen molar-refractivity contribution in [1.82, 2.24) is 10.3 Å². The highest BCUT2D eigenvalue weighted by Crippen LogP contribution is 2.23. The van der Waals surface area contributed by atoms with Gasteiger partial charge in [-0.15, -0.1) is 11.3 Å². The maximum absolute atomic E-state index is 11.9. The van der Waals surface area contributed by atoms with E-state index in [2.05, 4.69) is 31.5 Å². The van der Waals surface area contributed by atoms with Gasteiger partial charge in [0.2, 0.25) is 11.8 Å². The van der Waals surface area contributed by atoms with Gasteiger partial charge in [-0.25, -0.2) is 4.98 Å². The average molecular weight is 472 g/mol. The number of para-hydroxylation sites is 1. The fourth-order valence-electron chi connectivity index (χ4n) is 1.91. The lowest BCUT2D eigenvalue weighted by molar-refractivity contribution is -0.142. The smallest absolute Gasteiger partial charge is 0.311 e. The number of amides is 2. The Morgan fingerprint density at radius 1 is 1.26 bits per heavy atom. The summed E-state index contributed by atoms with van der Waals surface area (Å²) in [4.78, 5) is 39.5. The largest absolute Gasteiger partial charge is 0.466 e. The van der Waals surface area contributed by atoms with Gasteiger partial charge in [0.1, 0.15) is 0 Å². The Morgan fingerprint density at radius 2 is 2.04 bits per heavy atom. The second kappa shape index (κ2) is 11.1. The molecule has 0 fully saturated rings. The molecule has 2 N–H and O–H groups in total. The molecule has 1 heterocycles. The molecule has 27 heavy (non-hydrogen) atoms. The van der Waals surface area contributed by atoms with E-state index in [4.69, 9.17) is 4.74 Å². The Hall–Kier alpha value is -1.91. The van der Waals surface area contributed by atoms with Gasteiger partial charge in [0.05, 0.1) is 36.7 Å². The lowest BCUT2D eigenvalue weighted by Gasteiger charge is -2.08. The molecule has 0 radical (unpaired) electrons. The van der Waals surface area contributed by atoms with Crippen molar-refractivity contribution < 1.29 is 19.1 Å². The molecule has 0 unspecified atom stereocenters. The van der Waals surface area contributed by atoms with Gasteiger partial charge in [-0.05, 0) is 35.0 Å². The predicted octanol–water partition coefficient (Wildman–Crippen LogP) is 2.86. The first-order valence-electron chi connectivity index (χ1n) is 8.01. The van der Waals surface area contributed by atoms with Crippen molar-refractivity contribution in [2.75, 3.05) is 24.2 Å². The number of esters is 1. The standard InChI is InChI=1S/C17H18BrN3O4S2/c1-2-25-16(24)7-11-9-26-17(20-11)27-10-15(23)19-8-14(22)21-13-6-4-3-5-12(13)18/h3-6,9H,2,7-8,10H2,1H3,(H,19,23)(H,21,22). The number of benzene rings is 1. The number of thiazole rings is 1. The van der Waals surface area contributed by atoms with Crippen molar-refractivity contribution in [3.8, 4) is 0 Å². The Kier molecular flexibility index (Phi) is 8.76. The summed E-state index contributed by atoms with van der Waals surface area (Å²) in [6.45, 7) is 1.96. The molecule has 0 atom stereocenters. The summed E-state index contributed by atoms with van der Waals surface area (Å²) >= 11 is 5.95. The molecule has 0 bridgehead atoms. The first-order chi connectivity index (χ1) is 13.0. The number of ether oxygens (including phenoxy) is 1. The van der Waals surface area contributed by atoms with Crippen molar-refractivity contribution in [2.24, 2.45) is 0 Å². The highest BCUT2D eigenvalue weighted by Gasteiger charge is 2.11. The van der Waals surface area contributed by atoms with E-state index in [0.29, 0.717) is 22.3 Å². The zero-order valence-corrected chi connectivity index (χ0v) is 17.7. The number of hydrogen-bond donors (Lipinski definition) is 2. The zero-order valence-electron chi connectivity index (χ0n) is 14.5. The third-order valence-electron chi connectivity index (χ3n) is 3.08. The van der Waals surface area contributed by atoms with E-state index in [0.717, 1.165) is 4.47 Å². The molecule has 7 nitrogen and oxygen atoms in total. The van der Waals surface area contributed by atoms with E-state index in [9.17, 15) is 14.4 Å². The van der Waals surface area contributed by atoms with Crippen LogP contribution in [0.2, 0.25) is 0 Å². The minimum atomic E-state index is -0.326. The first kappa shape index (κ1) is 21.4. The molecule has 0 saturated carbocycles. The van der Waals surface area contributed by atoms with Crippen molar-refractivity contribution >= 4 is 62.5 Å². The molecule has 0 saturated heterocycles. The van der Waals surface area contributed by atoms with Crippen molar-refractivity contribution in [3.63, 3.8) is 0 Å². The van der Waals surface area contributed by atoms with Crippen molar-refractivity contribution in [3.05, 3.63) is 39.8 Å². The van der Waals surface area contributed by atoms with E-state index in [1.165, 1.54) is 23.1 Å². The third kappa shape index (κ3) is 7.69. The normalized spacial score (nSPS) is 10.3. The van der Waals surface area contributed by atoms with Gasteiger partial charge in [0.15, 0.2) is 4.34 Å². The highest BCUT2D eigenvalue weighted by molar-refractivity contribution is 9.10. The van der Waals surface area contributed by atoms with Crippen LogP contribution in [-0.2, 0) is 25.5 Å². The fraction of sp³-hybridized carbons (Fsp3) is 0.294. The minimum absolute atomic E-state index is 0.117. The molecule has 10 heteroatoms. The molecule has 1 aromatic carbocycles. The van der Waals surface area contributed by atoms with Gasteiger partial charge < -0.3 is 15.4 Å². The van der Waals surface area contributed by atoms with Crippen LogP contribution in [0.3, 0.4) is 0 Å². The van der Waals surface area contributed by atoms with Crippen molar-refractivity contribution in [2.45, 2.75) is 17.7 Å². The highest BCUT2D eigenvalue weighted by atomic mass is 79.9. The lowest BCUT2D eigenvalue weighted by atomic mass is 10.3. The number of nitrogens with one attached hydrogen (secondary N) is 2. The molecular formula is C17H18BrN3O4S2. The SMILES string of the molecule is CCOC(=O)Cc1csc(SCC(=O)NCC(=O)Nc2ccccc2Br)n1. The van der Waals surface area contributed by atoms with Crippen molar-refractivity contribution in [1.29, 1.82) is 0 Å². The number of aromatic nitrogens is 1. The Morgan fingerprint density at radius 3 is 2.78 bits per heavy atom. The van der Waals surface area contributed by atoms with Crippen LogP contribution in [0.25, 0.3) is 0 Å². The van der Waals surface area contributed by atoms with Crippen LogP contribution in [0.4, 0.5) is 5.69 Å². The molecule has 0 aliphatic heterocycles. The van der Waals surface area contributed by atoms with Crippen LogP contribution in [0.1, 0.15) is 12.6 Å². The number of rotatable bonds is 9. The summed E-state index contributed by atoms with van der Waals surface area (Å²) in [6.07, 6.45) is 0.117. The van der Waals surface area contributed by atoms with E-state index < -0.39 is 0 Å². The fourth-order valence-corrected chi connectivity index (χ4v) is 3.97. The van der Waals surface area contributed by atoms with E-state index >= 15 is 0 Å². The molecule has 1 aromatic heterocycles. The second-order valence-corrected chi connectivity index (χ2v) is 8.11. The number of carbonyl (C=O) groups is 3. The van der Waals surface area contributed by atoms with Crippen LogP contribution in [-0.4, -0.2) is 41.7 Å². The molecule has 2 rings (SSSR count). The summed E-state index contributed by atoms with van der Waals surface area (Å²) in [5.41, 5.74) is 1.26. The van der Waals surface area contributed by atoms with Crippen LogP contribution < -0.4 is 10.6 Å². The quantitative estimate of drug-likeness (QED) is 0.431. The van der Waals surface area contributed by atoms with Crippen LogP contribution in [0, 0.1) is 0 Å². The topological polar surface area (TPSA) is 97.4 Å². The van der Waals surface area contributed by atoms with Gasteiger partial charge in [-0.1, -0.05) is 23.9 Å². The summed E-state index contributed by atoms with van der Waals surface area (Å²) in [6, 6.07) is 7.22. The molecule has 0 aliphatic carbocycles. The Balaban J connectivity index is 1.70. The predicted molar refractivity (Wildman–Crippen MR) is 109 cm³/mol. The first-order valence-corrected chi connectivity index (χ1v) is 10.7. The summed E-state index contributed by atoms with van der Waals surface area (Å²) < 4.78 is 6.32. The van der Waals surface area contributed by atoms with Crippen LogP contribution >= 0.6 is 39.0 Å². The molecule has 2 aromatic rings. The maximum atomic E-state index is 11.9. The van der Waals surface area contributed by atoms with E-state index in [1.807, 2.05) is 12.1 Å². The number of hydrogen-bond acceptors (Lipinski definition) is 7. The average Bonchev–Trinajstić information content (AvgIpc) is 3.07. The van der Waals surface area contributed by atoms with E-state index in [1.54, 1.807) is 24.4 Å². The molecule has 144 valence electrons. The Labute approximate surface area is 173 Å². The summed E-state index contributed by atoms with van der Waals surface area (Å²) in [5.74, 6) is -0.780. The van der Waals surface area contributed by atoms with Gasteiger partial charge in [-0.3, -0.25) is 14.4 Å². The molecular weight excluding hydrogens is 454 g/mol. The van der Waals surface area contributed by atoms with Crippen LogP contribution in [0.5, 0.6) is 0 Å². The summed E-state index contributed by atoms with van der Waals surface area (Å²) in [7, 11) is 0. The number of anilines is 1. The molecule has 0 spiro atoms. The lowest BCUT2D eigenvalue weighted by Crippen LogP contribution is -2.33. The maximum Gasteiger partial charge on any atom is 0.311 e. The number of nitrogens with zero attached hydrogens (tertiary/aromatic N) is 1. The van der Waals surface area contributed by atoms with Gasteiger partial charge in [-0.2, -0.15) is 0 Å². The van der Waals surface area contributed by atoms with E-state index in [-0.39, 0.29) is 36.5 Å². The van der Waals surface area contributed by atoms with Gasteiger partial charge >= 0.3 is 5.97 Å². The minimum Gasteiger partial charge on any atom is -0.466 e. The number of halogens is 1. The van der Waals surface area contributed by atoms with Gasteiger partial charge in [0, 0.05) is 9.85 Å². The number of carbonyl (C=O) groups excluding carboxylic acids is 3.